The number of fused-ring (bicyclic) bond motifs is 1. The first-order valence-corrected chi connectivity index (χ1v) is 8.19. The molecule has 0 bridgehead atoms. The number of benzene rings is 2. The van der Waals surface area contributed by atoms with Gasteiger partial charge in [-0.2, -0.15) is 4.99 Å². The second kappa shape index (κ2) is 6.80. The van der Waals surface area contributed by atoms with E-state index >= 15 is 0 Å². The lowest BCUT2D eigenvalue weighted by Gasteiger charge is -1.99. The number of methoxy groups -OCH3 is 1. The summed E-state index contributed by atoms with van der Waals surface area (Å²) in [6, 6.07) is 14.8. The number of nitrogens with zero attached hydrogens (tertiary/aromatic N) is 2. The van der Waals surface area contributed by atoms with Gasteiger partial charge in [0.15, 0.2) is 4.80 Å². The lowest BCUT2D eigenvalue weighted by molar-refractivity contribution is -0.117. The molecular weight excluding hydrogens is 324 g/mol. The predicted octanol–water partition coefficient (Wildman–Crippen LogP) is 2.70. The average Bonchev–Trinajstić information content (AvgIpc) is 2.90. The van der Waals surface area contributed by atoms with Gasteiger partial charge in [-0.25, -0.2) is 4.79 Å². The van der Waals surface area contributed by atoms with Crippen LogP contribution in [0.15, 0.2) is 53.5 Å². The van der Waals surface area contributed by atoms with Crippen LogP contribution >= 0.6 is 11.3 Å². The summed E-state index contributed by atoms with van der Waals surface area (Å²) >= 11 is 1.37. The van der Waals surface area contributed by atoms with Gasteiger partial charge in [0.25, 0.3) is 5.91 Å². The first-order valence-electron chi connectivity index (χ1n) is 7.38. The molecule has 0 atom stereocenters. The number of hydrogen-bond acceptors (Lipinski definition) is 4. The molecule has 0 aliphatic heterocycles. The number of aromatic nitrogens is 1. The Morgan fingerprint density at radius 3 is 2.62 bits per heavy atom. The van der Waals surface area contributed by atoms with Crippen LogP contribution in [0, 0.1) is 0 Å². The Hall–Kier alpha value is -2.73. The van der Waals surface area contributed by atoms with Crippen molar-refractivity contribution in [3.05, 3.63) is 64.5 Å². The summed E-state index contributed by atoms with van der Waals surface area (Å²) < 4.78 is 7.47. The van der Waals surface area contributed by atoms with Gasteiger partial charge >= 0.3 is 5.97 Å². The quantitative estimate of drug-likeness (QED) is 0.689. The Labute approximate surface area is 142 Å². The Morgan fingerprint density at radius 2 is 1.92 bits per heavy atom. The first-order chi connectivity index (χ1) is 11.6. The van der Waals surface area contributed by atoms with Crippen molar-refractivity contribution in [2.45, 2.75) is 6.42 Å². The second-order valence-corrected chi connectivity index (χ2v) is 6.29. The Kier molecular flexibility index (Phi) is 4.57. The van der Waals surface area contributed by atoms with Gasteiger partial charge < -0.3 is 9.30 Å². The SMILES string of the molecule is COC(=O)c1ccc2c(c1)sc(=NC(=O)Cc1ccccc1)n2C. The third kappa shape index (κ3) is 3.28. The van der Waals surface area contributed by atoms with E-state index in [1.807, 2.05) is 48.0 Å². The van der Waals surface area contributed by atoms with Gasteiger partial charge in [0, 0.05) is 7.05 Å². The first kappa shape index (κ1) is 16.1. The van der Waals surface area contributed by atoms with Crippen molar-refractivity contribution in [2.75, 3.05) is 7.11 Å². The number of hydrogen-bond donors (Lipinski definition) is 0. The second-order valence-electron chi connectivity index (χ2n) is 5.29. The molecule has 0 saturated carbocycles. The van der Waals surface area contributed by atoms with E-state index in [0.717, 1.165) is 15.8 Å². The van der Waals surface area contributed by atoms with Gasteiger partial charge in [0.2, 0.25) is 0 Å². The highest BCUT2D eigenvalue weighted by Crippen LogP contribution is 2.19. The smallest absolute Gasteiger partial charge is 0.337 e. The van der Waals surface area contributed by atoms with Crippen molar-refractivity contribution in [2.24, 2.45) is 12.0 Å². The van der Waals surface area contributed by atoms with Crippen LogP contribution in [0.1, 0.15) is 15.9 Å². The summed E-state index contributed by atoms with van der Waals surface area (Å²) in [6.45, 7) is 0. The lowest BCUT2D eigenvalue weighted by Crippen LogP contribution is -2.14. The van der Waals surface area contributed by atoms with Crippen LogP contribution in [-0.2, 0) is 23.0 Å². The molecule has 0 unspecified atom stereocenters. The van der Waals surface area contributed by atoms with Crippen LogP contribution in [0.3, 0.4) is 0 Å². The molecule has 1 aromatic heterocycles. The van der Waals surface area contributed by atoms with E-state index in [-0.39, 0.29) is 18.3 Å². The van der Waals surface area contributed by atoms with E-state index < -0.39 is 0 Å². The maximum atomic E-state index is 12.2. The zero-order valence-corrected chi connectivity index (χ0v) is 14.2. The van der Waals surface area contributed by atoms with Crippen molar-refractivity contribution >= 4 is 33.4 Å². The molecule has 3 aromatic rings. The topological polar surface area (TPSA) is 60.7 Å². The van der Waals surface area contributed by atoms with E-state index in [9.17, 15) is 9.59 Å². The van der Waals surface area contributed by atoms with Gasteiger partial charge in [0.05, 0.1) is 29.3 Å². The molecule has 3 rings (SSSR count). The fourth-order valence-electron chi connectivity index (χ4n) is 2.40. The zero-order valence-electron chi connectivity index (χ0n) is 13.4. The maximum absolute atomic E-state index is 12.2. The van der Waals surface area contributed by atoms with Crippen molar-refractivity contribution in [1.29, 1.82) is 0 Å². The Balaban J connectivity index is 1.95. The standard InChI is InChI=1S/C18H16N2O3S/c1-20-14-9-8-13(17(22)23-2)11-15(14)24-18(20)19-16(21)10-12-6-4-3-5-7-12/h3-9,11H,10H2,1-2H3. The highest BCUT2D eigenvalue weighted by molar-refractivity contribution is 7.16. The third-order valence-corrected chi connectivity index (χ3v) is 4.74. The van der Waals surface area contributed by atoms with Crippen LogP contribution < -0.4 is 4.80 Å². The highest BCUT2D eigenvalue weighted by atomic mass is 32.1. The molecule has 6 heteroatoms. The number of esters is 1. The normalized spacial score (nSPS) is 11.7. The summed E-state index contributed by atoms with van der Waals surface area (Å²) in [7, 11) is 3.20. The van der Waals surface area contributed by atoms with Gasteiger partial charge in [0.1, 0.15) is 0 Å². The monoisotopic (exact) mass is 340 g/mol. The van der Waals surface area contributed by atoms with Crippen molar-refractivity contribution in [3.8, 4) is 0 Å². The molecule has 0 radical (unpaired) electrons. The van der Waals surface area contributed by atoms with E-state index in [1.54, 1.807) is 12.1 Å². The minimum atomic E-state index is -0.383. The van der Waals surface area contributed by atoms with Crippen molar-refractivity contribution < 1.29 is 14.3 Å². The van der Waals surface area contributed by atoms with Crippen LogP contribution in [0.2, 0.25) is 0 Å². The van der Waals surface area contributed by atoms with E-state index in [0.29, 0.717) is 10.4 Å². The summed E-state index contributed by atoms with van der Waals surface area (Å²) in [4.78, 5) is 28.6. The fourth-order valence-corrected chi connectivity index (χ4v) is 3.48. The predicted molar refractivity (Wildman–Crippen MR) is 92.9 cm³/mol. The van der Waals surface area contributed by atoms with Crippen LogP contribution in [0.5, 0.6) is 0 Å². The molecule has 1 amide bonds. The summed E-state index contributed by atoms with van der Waals surface area (Å²) in [5.74, 6) is -0.580. The summed E-state index contributed by atoms with van der Waals surface area (Å²) in [5.41, 5.74) is 2.33. The number of rotatable bonds is 3. The van der Waals surface area contributed by atoms with E-state index in [1.165, 1.54) is 18.4 Å². The molecule has 0 aliphatic carbocycles. The number of thiazole rings is 1. The molecule has 0 spiro atoms. The molecule has 24 heavy (non-hydrogen) atoms. The molecule has 122 valence electrons. The molecule has 0 aliphatic rings. The molecule has 0 N–H and O–H groups in total. The average molecular weight is 340 g/mol. The Morgan fingerprint density at radius 1 is 1.17 bits per heavy atom. The summed E-state index contributed by atoms with van der Waals surface area (Å²) in [6.07, 6.45) is 0.266. The molecule has 0 fully saturated rings. The van der Waals surface area contributed by atoms with E-state index in [4.69, 9.17) is 4.74 Å². The van der Waals surface area contributed by atoms with Crippen molar-refractivity contribution in [1.82, 2.24) is 4.57 Å². The Bertz CT molecular complexity index is 971. The molecule has 2 aromatic carbocycles. The molecular formula is C18H16N2O3S. The van der Waals surface area contributed by atoms with Crippen LogP contribution in [0.4, 0.5) is 0 Å². The number of ether oxygens (including phenoxy) is 1. The maximum Gasteiger partial charge on any atom is 0.337 e. The largest absolute Gasteiger partial charge is 0.465 e. The van der Waals surface area contributed by atoms with Crippen molar-refractivity contribution in [3.63, 3.8) is 0 Å². The van der Waals surface area contributed by atoms with Crippen LogP contribution in [-0.4, -0.2) is 23.6 Å². The minimum Gasteiger partial charge on any atom is -0.465 e. The summed E-state index contributed by atoms with van der Waals surface area (Å²) in [5, 5.41) is 0. The number of aryl methyl sites for hydroxylation is 1. The van der Waals surface area contributed by atoms with Crippen LogP contribution in [0.25, 0.3) is 10.2 Å². The lowest BCUT2D eigenvalue weighted by atomic mass is 10.1. The molecule has 1 heterocycles. The van der Waals surface area contributed by atoms with Gasteiger partial charge in [-0.3, -0.25) is 4.79 Å². The van der Waals surface area contributed by atoms with Gasteiger partial charge in [-0.05, 0) is 23.8 Å². The highest BCUT2D eigenvalue weighted by Gasteiger charge is 2.10. The van der Waals surface area contributed by atoms with Gasteiger partial charge in [-0.1, -0.05) is 41.7 Å². The molecule has 5 nitrogen and oxygen atoms in total. The number of carbonyl (C=O) groups excluding carboxylic acids is 2. The molecule has 0 saturated heterocycles. The number of amides is 1. The number of carbonyl (C=O) groups is 2. The minimum absolute atomic E-state index is 0.198. The van der Waals surface area contributed by atoms with E-state index in [2.05, 4.69) is 4.99 Å². The zero-order chi connectivity index (χ0) is 17.1. The van der Waals surface area contributed by atoms with Gasteiger partial charge in [-0.15, -0.1) is 0 Å². The third-order valence-electron chi connectivity index (χ3n) is 3.65. The fraction of sp³-hybridized carbons (Fsp3) is 0.167.